The highest BCUT2D eigenvalue weighted by atomic mass is 32.1. The Kier molecular flexibility index (Phi) is 7.05. The van der Waals surface area contributed by atoms with E-state index in [0.717, 1.165) is 36.1 Å². The molecule has 2 aromatic rings. The van der Waals surface area contributed by atoms with Crippen LogP contribution in [0.3, 0.4) is 0 Å². The summed E-state index contributed by atoms with van der Waals surface area (Å²) in [6, 6.07) is 14.5. The zero-order chi connectivity index (χ0) is 20.8. The minimum Gasteiger partial charge on any atom is -0.335 e. The Bertz CT molecular complexity index is 814. The normalized spacial score (nSPS) is 16.8. The predicted octanol–water partition coefficient (Wildman–Crippen LogP) is 4.78. The first kappa shape index (κ1) is 20.9. The monoisotopic (exact) mass is 425 g/mol. The third-order valence-electron chi connectivity index (χ3n) is 5.98. The molecule has 6 heteroatoms. The van der Waals surface area contributed by atoms with Crippen molar-refractivity contribution in [3.8, 4) is 0 Å². The predicted molar refractivity (Wildman–Crippen MR) is 120 cm³/mol. The van der Waals surface area contributed by atoms with E-state index in [4.69, 9.17) is 0 Å². The number of carbonyl (C=O) groups excluding carboxylic acids is 2. The second-order valence-corrected chi connectivity index (χ2v) is 9.49. The van der Waals surface area contributed by atoms with Crippen LogP contribution in [0.25, 0.3) is 0 Å². The smallest absolute Gasteiger partial charge is 0.318 e. The summed E-state index contributed by atoms with van der Waals surface area (Å²) in [5, 5.41) is 5.23. The van der Waals surface area contributed by atoms with Gasteiger partial charge in [-0.2, -0.15) is 0 Å². The van der Waals surface area contributed by atoms with Crippen molar-refractivity contribution < 1.29 is 9.59 Å². The molecule has 2 aliphatic carbocycles. The fraction of sp³-hybridized carbons (Fsp3) is 0.500. The van der Waals surface area contributed by atoms with Crippen LogP contribution in [0, 0.1) is 0 Å². The Morgan fingerprint density at radius 1 is 0.933 bits per heavy atom. The van der Waals surface area contributed by atoms with E-state index >= 15 is 0 Å². The number of rotatable bonds is 8. The van der Waals surface area contributed by atoms with E-state index in [1.54, 1.807) is 16.2 Å². The Hall–Kier alpha value is -2.34. The van der Waals surface area contributed by atoms with Gasteiger partial charge in [0, 0.05) is 23.5 Å². The van der Waals surface area contributed by atoms with Gasteiger partial charge in [-0.3, -0.25) is 4.79 Å². The van der Waals surface area contributed by atoms with Crippen molar-refractivity contribution in [2.45, 2.75) is 70.1 Å². The van der Waals surface area contributed by atoms with Crippen LogP contribution in [-0.4, -0.2) is 40.4 Å². The van der Waals surface area contributed by atoms with Gasteiger partial charge < -0.3 is 15.1 Å². The molecule has 2 aliphatic rings. The highest BCUT2D eigenvalue weighted by molar-refractivity contribution is 7.09. The van der Waals surface area contributed by atoms with Gasteiger partial charge in [0.15, 0.2) is 0 Å². The third-order valence-corrected chi connectivity index (χ3v) is 6.84. The van der Waals surface area contributed by atoms with Crippen molar-refractivity contribution in [1.29, 1.82) is 0 Å². The van der Waals surface area contributed by atoms with Gasteiger partial charge in [0.25, 0.3) is 0 Å². The first-order valence-electron chi connectivity index (χ1n) is 11.1. The lowest BCUT2D eigenvalue weighted by atomic mass is 9.96. The van der Waals surface area contributed by atoms with Crippen LogP contribution < -0.4 is 5.32 Å². The van der Waals surface area contributed by atoms with Gasteiger partial charge in [0.05, 0.1) is 6.54 Å². The summed E-state index contributed by atoms with van der Waals surface area (Å²) >= 11 is 1.66. The number of benzene rings is 1. The first-order valence-corrected chi connectivity index (χ1v) is 12.0. The zero-order valence-corrected chi connectivity index (χ0v) is 18.3. The maximum atomic E-state index is 13.3. The lowest BCUT2D eigenvalue weighted by Gasteiger charge is -2.30. The topological polar surface area (TPSA) is 52.7 Å². The average Bonchev–Trinajstić information content (AvgIpc) is 3.48. The SMILES string of the molecule is O=C(CN(C(=O)NC1CCCCC1)C1CC1)N(Cc1ccccc1)Cc1cccs1. The molecule has 4 rings (SSSR count). The Morgan fingerprint density at radius 2 is 1.70 bits per heavy atom. The molecule has 1 heterocycles. The quantitative estimate of drug-likeness (QED) is 0.661. The lowest BCUT2D eigenvalue weighted by Crippen LogP contribution is -2.50. The van der Waals surface area contributed by atoms with Crippen molar-refractivity contribution in [1.82, 2.24) is 15.1 Å². The van der Waals surface area contributed by atoms with Crippen molar-refractivity contribution in [3.05, 3.63) is 58.3 Å². The number of nitrogens with zero attached hydrogens (tertiary/aromatic N) is 2. The zero-order valence-electron chi connectivity index (χ0n) is 17.5. The average molecular weight is 426 g/mol. The van der Waals surface area contributed by atoms with E-state index in [9.17, 15) is 9.59 Å². The molecule has 1 aromatic heterocycles. The van der Waals surface area contributed by atoms with Crippen molar-refractivity contribution in [2.75, 3.05) is 6.54 Å². The summed E-state index contributed by atoms with van der Waals surface area (Å²) in [7, 11) is 0. The van der Waals surface area contributed by atoms with Crippen LogP contribution in [0.2, 0.25) is 0 Å². The largest absolute Gasteiger partial charge is 0.335 e. The molecule has 0 bridgehead atoms. The molecule has 1 aromatic carbocycles. The van der Waals surface area contributed by atoms with E-state index < -0.39 is 0 Å². The summed E-state index contributed by atoms with van der Waals surface area (Å²) in [6.45, 7) is 1.29. The van der Waals surface area contributed by atoms with Gasteiger partial charge in [-0.25, -0.2) is 4.79 Å². The highest BCUT2D eigenvalue weighted by Gasteiger charge is 2.35. The molecule has 5 nitrogen and oxygen atoms in total. The standard InChI is InChI=1S/C24H31N3O2S/c28-23(18-27(21-13-14-21)24(29)25-20-10-5-2-6-11-20)26(17-22-12-7-15-30-22)16-19-8-3-1-4-9-19/h1,3-4,7-9,12,15,20-21H,2,5-6,10-11,13-14,16-18H2,(H,25,29). The second-order valence-electron chi connectivity index (χ2n) is 8.46. The number of amides is 3. The molecule has 0 atom stereocenters. The summed E-state index contributed by atoms with van der Waals surface area (Å²) in [5.41, 5.74) is 1.10. The maximum absolute atomic E-state index is 13.3. The minimum atomic E-state index is -0.0615. The van der Waals surface area contributed by atoms with Gasteiger partial charge in [-0.15, -0.1) is 11.3 Å². The van der Waals surface area contributed by atoms with E-state index in [1.807, 2.05) is 46.7 Å². The number of hydrogen-bond acceptors (Lipinski definition) is 3. The number of nitrogens with one attached hydrogen (secondary N) is 1. The van der Waals surface area contributed by atoms with Gasteiger partial charge in [-0.1, -0.05) is 55.7 Å². The highest BCUT2D eigenvalue weighted by Crippen LogP contribution is 2.28. The van der Waals surface area contributed by atoms with Gasteiger partial charge in [0.2, 0.25) is 5.91 Å². The van der Waals surface area contributed by atoms with Crippen LogP contribution >= 0.6 is 11.3 Å². The molecule has 0 aliphatic heterocycles. The van der Waals surface area contributed by atoms with Crippen molar-refractivity contribution >= 4 is 23.3 Å². The van der Waals surface area contributed by atoms with Crippen LogP contribution in [0.1, 0.15) is 55.4 Å². The second kappa shape index (κ2) is 10.1. The molecule has 3 amide bonds. The van der Waals surface area contributed by atoms with Crippen LogP contribution in [-0.2, 0) is 17.9 Å². The molecule has 0 spiro atoms. The molecule has 2 fully saturated rings. The Labute approximate surface area is 183 Å². The minimum absolute atomic E-state index is 0.0120. The Balaban J connectivity index is 1.42. The van der Waals surface area contributed by atoms with Crippen molar-refractivity contribution in [3.63, 3.8) is 0 Å². The fourth-order valence-electron chi connectivity index (χ4n) is 4.13. The molecule has 1 N–H and O–H groups in total. The molecule has 160 valence electrons. The van der Waals surface area contributed by atoms with E-state index in [-0.39, 0.29) is 30.6 Å². The molecule has 30 heavy (non-hydrogen) atoms. The number of urea groups is 1. The van der Waals surface area contributed by atoms with Crippen LogP contribution in [0.4, 0.5) is 4.79 Å². The summed E-state index contributed by atoms with van der Waals surface area (Å²) in [6.07, 6.45) is 7.71. The fourth-order valence-corrected chi connectivity index (χ4v) is 4.85. The van der Waals surface area contributed by atoms with E-state index in [0.29, 0.717) is 13.1 Å². The van der Waals surface area contributed by atoms with Crippen LogP contribution in [0.5, 0.6) is 0 Å². The van der Waals surface area contributed by atoms with E-state index in [1.165, 1.54) is 19.3 Å². The van der Waals surface area contributed by atoms with Gasteiger partial charge >= 0.3 is 6.03 Å². The summed E-state index contributed by atoms with van der Waals surface area (Å²) in [4.78, 5) is 31.1. The van der Waals surface area contributed by atoms with Crippen molar-refractivity contribution in [2.24, 2.45) is 0 Å². The van der Waals surface area contributed by atoms with Gasteiger partial charge in [0.1, 0.15) is 6.54 Å². The molecular formula is C24H31N3O2S. The number of carbonyl (C=O) groups is 2. The number of thiophene rings is 1. The van der Waals surface area contributed by atoms with Gasteiger partial charge in [-0.05, 0) is 42.7 Å². The molecule has 2 saturated carbocycles. The Morgan fingerprint density at radius 3 is 2.37 bits per heavy atom. The first-order chi connectivity index (χ1) is 14.7. The third kappa shape index (κ3) is 5.85. The van der Waals surface area contributed by atoms with E-state index in [2.05, 4.69) is 11.4 Å². The molecule has 0 saturated heterocycles. The molecule has 0 radical (unpaired) electrons. The molecule has 0 unspecified atom stereocenters. The lowest BCUT2D eigenvalue weighted by molar-refractivity contribution is -0.133. The maximum Gasteiger partial charge on any atom is 0.318 e. The summed E-state index contributed by atoms with van der Waals surface area (Å²) in [5.74, 6) is 0.0120. The number of hydrogen-bond donors (Lipinski definition) is 1. The summed E-state index contributed by atoms with van der Waals surface area (Å²) < 4.78 is 0. The van der Waals surface area contributed by atoms with Crippen LogP contribution in [0.15, 0.2) is 47.8 Å². The molecular weight excluding hydrogens is 394 g/mol.